The lowest BCUT2D eigenvalue weighted by atomic mass is 10.2. The lowest BCUT2D eigenvalue weighted by Gasteiger charge is -2.26. The van der Waals surface area contributed by atoms with Crippen LogP contribution in [0.25, 0.3) is 0 Å². The first-order chi connectivity index (χ1) is 14.8. The standard InChI is InChI=1S/C21H23BrN4O4S/c1-16(21(27)30-2)26(31(28,29)20-11-7-6-10-19(20)22)13-12-18-15-25(24-23-18)14-17-8-4-3-5-9-17/h3-11,15-16H,12-14H2,1-2H3/t16-/m0/s1. The van der Waals surface area contributed by atoms with Crippen molar-refractivity contribution in [2.24, 2.45) is 0 Å². The smallest absolute Gasteiger partial charge is 0.323 e. The highest BCUT2D eigenvalue weighted by molar-refractivity contribution is 9.10. The topological polar surface area (TPSA) is 94.4 Å². The molecule has 0 aliphatic carbocycles. The lowest BCUT2D eigenvalue weighted by Crippen LogP contribution is -2.44. The van der Waals surface area contributed by atoms with E-state index in [-0.39, 0.29) is 11.4 Å². The summed E-state index contributed by atoms with van der Waals surface area (Å²) >= 11 is 3.29. The van der Waals surface area contributed by atoms with Crippen molar-refractivity contribution < 1.29 is 17.9 Å². The number of ether oxygens (including phenoxy) is 1. The molecule has 0 amide bonds. The summed E-state index contributed by atoms with van der Waals surface area (Å²) in [4.78, 5) is 12.2. The Morgan fingerprint density at radius 3 is 2.52 bits per heavy atom. The number of sulfonamides is 1. The highest BCUT2D eigenvalue weighted by atomic mass is 79.9. The van der Waals surface area contributed by atoms with Crippen LogP contribution in [0.2, 0.25) is 0 Å². The number of aromatic nitrogens is 3. The second kappa shape index (κ2) is 10.2. The van der Waals surface area contributed by atoms with E-state index in [1.54, 1.807) is 29.1 Å². The molecule has 3 rings (SSSR count). The summed E-state index contributed by atoms with van der Waals surface area (Å²) in [6.45, 7) is 2.11. The monoisotopic (exact) mass is 506 g/mol. The predicted molar refractivity (Wildman–Crippen MR) is 119 cm³/mol. The number of rotatable bonds is 9. The van der Waals surface area contributed by atoms with E-state index in [0.29, 0.717) is 23.1 Å². The molecule has 1 heterocycles. The van der Waals surface area contributed by atoms with E-state index in [9.17, 15) is 13.2 Å². The summed E-state index contributed by atoms with van der Waals surface area (Å²) in [6, 6.07) is 15.3. The fourth-order valence-corrected chi connectivity index (χ4v) is 5.67. The lowest BCUT2D eigenvalue weighted by molar-refractivity contribution is -0.144. The van der Waals surface area contributed by atoms with E-state index in [2.05, 4.69) is 26.2 Å². The predicted octanol–water partition coefficient (Wildman–Crippen LogP) is 2.88. The molecule has 1 aromatic heterocycles. The van der Waals surface area contributed by atoms with E-state index in [1.165, 1.54) is 20.1 Å². The molecule has 1 atom stereocenters. The molecule has 0 saturated heterocycles. The van der Waals surface area contributed by atoms with Crippen LogP contribution in [0, 0.1) is 0 Å². The molecule has 0 unspecified atom stereocenters. The molecular weight excluding hydrogens is 484 g/mol. The highest BCUT2D eigenvalue weighted by Gasteiger charge is 2.34. The number of hydrogen-bond donors (Lipinski definition) is 0. The maximum atomic E-state index is 13.3. The Balaban J connectivity index is 1.80. The molecule has 0 bridgehead atoms. The maximum Gasteiger partial charge on any atom is 0.323 e. The van der Waals surface area contributed by atoms with Gasteiger partial charge < -0.3 is 4.74 Å². The normalized spacial score (nSPS) is 12.6. The molecule has 3 aromatic rings. The molecule has 0 N–H and O–H groups in total. The molecule has 164 valence electrons. The molecule has 0 aliphatic rings. The SMILES string of the molecule is COC(=O)[C@H](C)N(CCc1cn(Cc2ccccc2)nn1)S(=O)(=O)c1ccccc1Br. The molecule has 10 heteroatoms. The zero-order valence-electron chi connectivity index (χ0n) is 17.2. The fourth-order valence-electron chi connectivity index (χ4n) is 3.12. The Labute approximate surface area is 190 Å². The van der Waals surface area contributed by atoms with Crippen LogP contribution >= 0.6 is 15.9 Å². The Bertz CT molecular complexity index is 1140. The third-order valence-corrected chi connectivity index (χ3v) is 7.74. The zero-order chi connectivity index (χ0) is 22.4. The van der Waals surface area contributed by atoms with Gasteiger partial charge in [-0.3, -0.25) is 4.79 Å². The molecule has 0 radical (unpaired) electrons. The summed E-state index contributed by atoms with van der Waals surface area (Å²) in [5.41, 5.74) is 1.71. The van der Waals surface area contributed by atoms with Crippen LogP contribution in [0.1, 0.15) is 18.2 Å². The Morgan fingerprint density at radius 2 is 1.84 bits per heavy atom. The van der Waals surface area contributed by atoms with Gasteiger partial charge in [-0.1, -0.05) is 47.7 Å². The summed E-state index contributed by atoms with van der Waals surface area (Å²) < 4.78 is 34.7. The number of carbonyl (C=O) groups is 1. The quantitative estimate of drug-likeness (QED) is 0.414. The minimum Gasteiger partial charge on any atom is -0.468 e. The number of hydrogen-bond acceptors (Lipinski definition) is 6. The summed E-state index contributed by atoms with van der Waals surface area (Å²) in [7, 11) is -2.73. The van der Waals surface area contributed by atoms with Crippen molar-refractivity contribution in [3.8, 4) is 0 Å². The van der Waals surface area contributed by atoms with Crippen molar-refractivity contribution in [2.75, 3.05) is 13.7 Å². The molecule has 0 spiro atoms. The largest absolute Gasteiger partial charge is 0.468 e. The minimum atomic E-state index is -3.97. The van der Waals surface area contributed by atoms with Crippen molar-refractivity contribution in [3.63, 3.8) is 0 Å². The molecule has 2 aromatic carbocycles. The number of halogens is 1. The van der Waals surface area contributed by atoms with Crippen LogP contribution in [0.5, 0.6) is 0 Å². The van der Waals surface area contributed by atoms with Gasteiger partial charge in [-0.25, -0.2) is 13.1 Å². The third-order valence-electron chi connectivity index (χ3n) is 4.76. The average Bonchev–Trinajstić information content (AvgIpc) is 3.21. The summed E-state index contributed by atoms with van der Waals surface area (Å²) in [5.74, 6) is -0.636. The van der Waals surface area contributed by atoms with E-state index in [4.69, 9.17) is 4.74 Å². The van der Waals surface area contributed by atoms with Gasteiger partial charge in [0.15, 0.2) is 0 Å². The summed E-state index contributed by atoms with van der Waals surface area (Å²) in [5, 5.41) is 8.27. The van der Waals surface area contributed by atoms with Crippen LogP contribution in [-0.2, 0) is 32.5 Å². The number of carbonyl (C=O) groups excluding carboxylic acids is 1. The van der Waals surface area contributed by atoms with Crippen molar-refractivity contribution in [2.45, 2.75) is 30.8 Å². The van der Waals surface area contributed by atoms with Crippen molar-refractivity contribution in [1.82, 2.24) is 19.3 Å². The van der Waals surface area contributed by atoms with E-state index < -0.39 is 22.0 Å². The van der Waals surface area contributed by atoms with Crippen molar-refractivity contribution >= 4 is 31.9 Å². The minimum absolute atomic E-state index is 0.0456. The van der Waals surface area contributed by atoms with Gasteiger partial charge in [0, 0.05) is 23.6 Å². The van der Waals surface area contributed by atoms with Crippen LogP contribution in [-0.4, -0.2) is 53.4 Å². The van der Waals surface area contributed by atoms with Gasteiger partial charge in [-0.2, -0.15) is 4.31 Å². The van der Waals surface area contributed by atoms with Crippen LogP contribution in [0.4, 0.5) is 0 Å². The zero-order valence-corrected chi connectivity index (χ0v) is 19.6. The molecule has 8 nitrogen and oxygen atoms in total. The number of esters is 1. The van der Waals surface area contributed by atoms with E-state index in [0.717, 1.165) is 9.87 Å². The van der Waals surface area contributed by atoms with Crippen molar-refractivity contribution in [1.29, 1.82) is 0 Å². The van der Waals surface area contributed by atoms with E-state index >= 15 is 0 Å². The summed E-state index contributed by atoms with van der Waals surface area (Å²) in [6.07, 6.45) is 2.07. The van der Waals surface area contributed by atoms with Crippen LogP contribution < -0.4 is 0 Å². The average molecular weight is 507 g/mol. The number of nitrogens with zero attached hydrogens (tertiary/aromatic N) is 4. The molecule has 31 heavy (non-hydrogen) atoms. The maximum absolute atomic E-state index is 13.3. The van der Waals surface area contributed by atoms with Crippen LogP contribution in [0.15, 0.2) is 70.2 Å². The van der Waals surface area contributed by atoms with E-state index in [1.807, 2.05) is 30.3 Å². The van der Waals surface area contributed by atoms with Gasteiger partial charge in [0.1, 0.15) is 6.04 Å². The fraction of sp³-hybridized carbons (Fsp3) is 0.286. The first-order valence-electron chi connectivity index (χ1n) is 9.60. The first-order valence-corrected chi connectivity index (χ1v) is 11.8. The van der Waals surface area contributed by atoms with Gasteiger partial charge in [-0.05, 0) is 40.5 Å². The Hall–Kier alpha value is -2.56. The molecule has 0 aliphatic heterocycles. The second-order valence-electron chi connectivity index (χ2n) is 6.89. The Kier molecular flexibility index (Phi) is 7.58. The molecule has 0 saturated carbocycles. The van der Waals surface area contributed by atoms with Crippen LogP contribution in [0.3, 0.4) is 0 Å². The van der Waals surface area contributed by atoms with Gasteiger partial charge in [-0.15, -0.1) is 5.10 Å². The Morgan fingerprint density at radius 1 is 1.16 bits per heavy atom. The van der Waals surface area contributed by atoms with Crippen molar-refractivity contribution in [3.05, 3.63) is 76.5 Å². The highest BCUT2D eigenvalue weighted by Crippen LogP contribution is 2.26. The second-order valence-corrected chi connectivity index (χ2v) is 9.60. The van der Waals surface area contributed by atoms with Gasteiger partial charge in [0.05, 0.1) is 24.2 Å². The number of benzene rings is 2. The molecule has 0 fully saturated rings. The van der Waals surface area contributed by atoms with Gasteiger partial charge in [0.2, 0.25) is 10.0 Å². The van der Waals surface area contributed by atoms with Gasteiger partial charge in [0.25, 0.3) is 0 Å². The number of methoxy groups -OCH3 is 1. The molecular formula is C21H23BrN4O4S. The first kappa shape index (κ1) is 23.1. The third kappa shape index (κ3) is 5.57. The van der Waals surface area contributed by atoms with Gasteiger partial charge >= 0.3 is 5.97 Å².